The topological polar surface area (TPSA) is 59.3 Å². The van der Waals surface area contributed by atoms with Gasteiger partial charge < -0.3 is 5.32 Å². The first-order valence-electron chi connectivity index (χ1n) is 8.77. The predicted molar refractivity (Wildman–Crippen MR) is 111 cm³/mol. The molecule has 4 aromatic rings. The van der Waals surface area contributed by atoms with E-state index in [0.29, 0.717) is 15.8 Å². The minimum atomic E-state index is -4.56. The molecule has 10 heteroatoms. The van der Waals surface area contributed by atoms with Crippen molar-refractivity contribution in [2.45, 2.75) is 18.3 Å². The van der Waals surface area contributed by atoms with Gasteiger partial charge in [-0.1, -0.05) is 35.5 Å². The van der Waals surface area contributed by atoms with E-state index in [2.05, 4.69) is 15.5 Å². The van der Waals surface area contributed by atoms with E-state index in [1.807, 2.05) is 25.1 Å². The highest BCUT2D eigenvalue weighted by Crippen LogP contribution is 2.34. The zero-order chi connectivity index (χ0) is 21.5. The van der Waals surface area contributed by atoms with Crippen LogP contribution in [0.25, 0.3) is 16.6 Å². The van der Waals surface area contributed by atoms with Crippen LogP contribution in [0, 0.1) is 6.92 Å². The first-order valence-corrected chi connectivity index (χ1v) is 10.1. The summed E-state index contributed by atoms with van der Waals surface area (Å²) in [5, 5.41) is 12.6. The third kappa shape index (κ3) is 3.95. The van der Waals surface area contributed by atoms with Crippen molar-refractivity contribution in [3.63, 3.8) is 0 Å². The Balaban J connectivity index is 1.58. The van der Waals surface area contributed by atoms with Gasteiger partial charge in [-0.2, -0.15) is 13.2 Å². The molecule has 0 aliphatic carbocycles. The van der Waals surface area contributed by atoms with Gasteiger partial charge in [0.15, 0.2) is 10.8 Å². The molecule has 0 unspecified atom stereocenters. The minimum absolute atomic E-state index is 0.129. The van der Waals surface area contributed by atoms with Crippen molar-refractivity contribution >= 4 is 51.5 Å². The average molecular weight is 451 g/mol. The first-order chi connectivity index (χ1) is 14.2. The van der Waals surface area contributed by atoms with Crippen LogP contribution in [-0.2, 0) is 11.0 Å². The fourth-order valence-corrected chi connectivity index (χ4v) is 4.06. The molecular weight excluding hydrogens is 437 g/mol. The Morgan fingerprint density at radius 2 is 1.93 bits per heavy atom. The molecule has 0 aliphatic heterocycles. The van der Waals surface area contributed by atoms with Crippen molar-refractivity contribution in [3.8, 4) is 0 Å². The molecule has 0 aliphatic rings. The molecule has 154 valence electrons. The van der Waals surface area contributed by atoms with E-state index in [9.17, 15) is 18.0 Å². The lowest BCUT2D eigenvalue weighted by atomic mass is 10.1. The number of alkyl halides is 3. The lowest BCUT2D eigenvalue weighted by molar-refractivity contribution is -0.137. The number of aromatic nitrogens is 3. The van der Waals surface area contributed by atoms with Gasteiger partial charge in [0.25, 0.3) is 0 Å². The summed E-state index contributed by atoms with van der Waals surface area (Å²) in [7, 11) is 0. The summed E-state index contributed by atoms with van der Waals surface area (Å²) in [6.45, 7) is 1.94. The number of carbonyl (C=O) groups is 1. The van der Waals surface area contributed by atoms with Gasteiger partial charge in [0.05, 0.1) is 22.5 Å². The van der Waals surface area contributed by atoms with Crippen LogP contribution in [0.2, 0.25) is 5.02 Å². The number of anilines is 1. The number of hydrogen-bond acceptors (Lipinski definition) is 4. The number of fused-ring (bicyclic) bond motifs is 3. The van der Waals surface area contributed by atoms with E-state index in [1.165, 1.54) is 18.2 Å². The Morgan fingerprint density at radius 1 is 1.17 bits per heavy atom. The maximum Gasteiger partial charge on any atom is 0.418 e. The predicted octanol–water partition coefficient (Wildman–Crippen LogP) is 5.59. The van der Waals surface area contributed by atoms with Crippen LogP contribution in [0.15, 0.2) is 53.7 Å². The Bertz CT molecular complexity index is 1270. The van der Waals surface area contributed by atoms with Gasteiger partial charge in [-0.05, 0) is 48.9 Å². The fraction of sp³-hybridized carbons (Fsp3) is 0.150. The van der Waals surface area contributed by atoms with Crippen LogP contribution >= 0.6 is 23.4 Å². The van der Waals surface area contributed by atoms with Crippen molar-refractivity contribution in [2.24, 2.45) is 0 Å². The molecule has 2 aromatic heterocycles. The molecule has 4 rings (SSSR count). The highest BCUT2D eigenvalue weighted by atomic mass is 35.5. The number of halogens is 4. The van der Waals surface area contributed by atoms with Gasteiger partial charge in [0, 0.05) is 10.4 Å². The van der Waals surface area contributed by atoms with Crippen molar-refractivity contribution in [3.05, 3.63) is 64.7 Å². The summed E-state index contributed by atoms with van der Waals surface area (Å²) in [4.78, 5) is 12.3. The number of hydrogen-bond donors (Lipinski definition) is 1. The molecular formula is C20H14ClF3N4OS. The highest BCUT2D eigenvalue weighted by molar-refractivity contribution is 7.99. The summed E-state index contributed by atoms with van der Waals surface area (Å²) in [6.07, 6.45) is -4.56. The quantitative estimate of drug-likeness (QED) is 0.411. The second-order valence-electron chi connectivity index (χ2n) is 6.55. The number of thioether (sulfide) groups is 1. The van der Waals surface area contributed by atoms with Crippen LogP contribution in [0.5, 0.6) is 0 Å². The molecule has 0 radical (unpaired) electrons. The number of aryl methyl sites for hydroxylation is 1. The molecule has 2 aromatic carbocycles. The number of amides is 1. The summed E-state index contributed by atoms with van der Waals surface area (Å²) in [5.74, 6) is -0.705. The van der Waals surface area contributed by atoms with Crippen molar-refractivity contribution in [2.75, 3.05) is 11.1 Å². The standard InChI is InChI=1S/C20H14ClF3N4OS/c1-11-8-17-26-27-19(28(17)16-7-6-12(21)9-13(11)16)30-10-18(29)25-15-5-3-2-4-14(15)20(22,23)24/h2-9H,10H2,1H3,(H,25,29). The second-order valence-corrected chi connectivity index (χ2v) is 7.92. The number of pyridine rings is 1. The minimum Gasteiger partial charge on any atom is -0.325 e. The van der Waals surface area contributed by atoms with Crippen LogP contribution < -0.4 is 5.32 Å². The Hall–Kier alpha value is -2.78. The van der Waals surface area contributed by atoms with Gasteiger partial charge in [-0.15, -0.1) is 10.2 Å². The van der Waals surface area contributed by atoms with E-state index < -0.39 is 17.6 Å². The molecule has 5 nitrogen and oxygen atoms in total. The SMILES string of the molecule is Cc1cc2nnc(SCC(=O)Nc3ccccc3C(F)(F)F)n2c2ccc(Cl)cc12. The molecule has 0 spiro atoms. The molecule has 0 bridgehead atoms. The van der Waals surface area contributed by atoms with Crippen LogP contribution in [-0.4, -0.2) is 26.3 Å². The van der Waals surface area contributed by atoms with Gasteiger partial charge in [-0.25, -0.2) is 0 Å². The number of benzene rings is 2. The Morgan fingerprint density at radius 3 is 2.70 bits per heavy atom. The smallest absolute Gasteiger partial charge is 0.325 e. The number of para-hydroxylation sites is 1. The van der Waals surface area contributed by atoms with Crippen molar-refractivity contribution < 1.29 is 18.0 Å². The largest absolute Gasteiger partial charge is 0.418 e. The first kappa shape index (κ1) is 20.5. The Labute approximate surface area is 178 Å². The molecule has 0 atom stereocenters. The van der Waals surface area contributed by atoms with Gasteiger partial charge in [-0.3, -0.25) is 9.20 Å². The lowest BCUT2D eigenvalue weighted by Gasteiger charge is -2.13. The maximum atomic E-state index is 13.1. The number of nitrogens with one attached hydrogen (secondary N) is 1. The molecule has 1 amide bonds. The molecule has 0 saturated heterocycles. The number of nitrogens with zero attached hydrogens (tertiary/aromatic N) is 3. The van der Waals surface area contributed by atoms with Gasteiger partial charge in [0.2, 0.25) is 5.91 Å². The fourth-order valence-electron chi connectivity index (χ4n) is 3.14. The zero-order valence-electron chi connectivity index (χ0n) is 15.5. The van der Waals surface area contributed by atoms with E-state index in [1.54, 1.807) is 10.5 Å². The molecule has 0 fully saturated rings. The maximum absolute atomic E-state index is 13.1. The average Bonchev–Trinajstić information content (AvgIpc) is 3.09. The molecule has 30 heavy (non-hydrogen) atoms. The number of carbonyl (C=O) groups excluding carboxylic acids is 1. The Kier molecular flexibility index (Phi) is 5.33. The monoisotopic (exact) mass is 450 g/mol. The molecule has 1 N–H and O–H groups in total. The third-order valence-corrected chi connectivity index (χ3v) is 5.63. The second kappa shape index (κ2) is 7.81. The van der Waals surface area contributed by atoms with Gasteiger partial charge >= 0.3 is 6.18 Å². The summed E-state index contributed by atoms with van der Waals surface area (Å²) in [6, 6.07) is 12.1. The van der Waals surface area contributed by atoms with Crippen molar-refractivity contribution in [1.82, 2.24) is 14.6 Å². The lowest BCUT2D eigenvalue weighted by Crippen LogP contribution is -2.18. The summed E-state index contributed by atoms with van der Waals surface area (Å²) < 4.78 is 41.1. The third-order valence-electron chi connectivity index (χ3n) is 4.47. The van der Waals surface area contributed by atoms with Crippen molar-refractivity contribution in [1.29, 1.82) is 0 Å². The van der Waals surface area contributed by atoms with E-state index >= 15 is 0 Å². The molecule has 0 saturated carbocycles. The summed E-state index contributed by atoms with van der Waals surface area (Å²) in [5.41, 5.74) is 1.23. The normalized spacial score (nSPS) is 11.9. The van der Waals surface area contributed by atoms with E-state index in [4.69, 9.17) is 11.6 Å². The van der Waals surface area contributed by atoms with Gasteiger partial charge in [0.1, 0.15) is 0 Å². The van der Waals surface area contributed by atoms with E-state index in [0.717, 1.165) is 34.3 Å². The van der Waals surface area contributed by atoms with Crippen LogP contribution in [0.4, 0.5) is 18.9 Å². The molecule has 2 heterocycles. The highest BCUT2D eigenvalue weighted by Gasteiger charge is 2.33. The number of rotatable bonds is 4. The van der Waals surface area contributed by atoms with E-state index in [-0.39, 0.29) is 11.4 Å². The van der Waals surface area contributed by atoms with Crippen LogP contribution in [0.1, 0.15) is 11.1 Å². The zero-order valence-corrected chi connectivity index (χ0v) is 17.1. The van der Waals surface area contributed by atoms with Crippen LogP contribution in [0.3, 0.4) is 0 Å². The summed E-state index contributed by atoms with van der Waals surface area (Å²) >= 11 is 7.19.